The maximum Gasteiger partial charge on any atom is 0.165 e. The minimum absolute atomic E-state index is 0.0673. The predicted molar refractivity (Wildman–Crippen MR) is 56.5 cm³/mol. The number of Topliss-reactive ketones (excluding diaryl/α,β-unsaturated/α-hetero) is 1. The van der Waals surface area contributed by atoms with Gasteiger partial charge in [0.1, 0.15) is 0 Å². The molecule has 15 heavy (non-hydrogen) atoms. The number of hydrogen-bond donors (Lipinski definition) is 1. The fourth-order valence-electron chi connectivity index (χ4n) is 1.36. The molecule has 0 radical (unpaired) electrons. The lowest BCUT2D eigenvalue weighted by Gasteiger charge is -2.01. The van der Waals surface area contributed by atoms with Crippen molar-refractivity contribution in [1.29, 1.82) is 0 Å². The Morgan fingerprint density at radius 3 is 2.73 bits per heavy atom. The zero-order valence-electron chi connectivity index (χ0n) is 8.79. The number of phenolic OH excluding ortho intramolecular Hbond substituents is 1. The first-order valence-corrected chi connectivity index (χ1v) is 5.17. The van der Waals surface area contributed by atoms with Crippen LogP contribution in [0.2, 0.25) is 0 Å². The van der Waals surface area contributed by atoms with Crippen LogP contribution in [0.5, 0.6) is 5.75 Å². The van der Waals surface area contributed by atoms with Crippen molar-refractivity contribution in [2.75, 3.05) is 0 Å². The van der Waals surface area contributed by atoms with Crippen molar-refractivity contribution in [2.45, 2.75) is 32.6 Å². The number of rotatable bonds is 5. The van der Waals surface area contributed by atoms with Crippen LogP contribution in [0, 0.1) is 5.82 Å². The van der Waals surface area contributed by atoms with E-state index < -0.39 is 11.6 Å². The van der Waals surface area contributed by atoms with Gasteiger partial charge in [-0.3, -0.25) is 4.79 Å². The molecule has 0 aliphatic carbocycles. The van der Waals surface area contributed by atoms with Crippen molar-refractivity contribution >= 4 is 5.78 Å². The lowest BCUT2D eigenvalue weighted by atomic mass is 10.0. The maximum atomic E-state index is 12.9. The van der Waals surface area contributed by atoms with Gasteiger partial charge in [0.05, 0.1) is 0 Å². The fourth-order valence-corrected chi connectivity index (χ4v) is 1.36. The molecule has 0 spiro atoms. The summed E-state index contributed by atoms with van der Waals surface area (Å²) in [5.41, 5.74) is 0.335. The Labute approximate surface area is 88.7 Å². The number of hydrogen-bond acceptors (Lipinski definition) is 2. The number of halogens is 1. The minimum atomic E-state index is -0.739. The number of phenols is 1. The lowest BCUT2D eigenvalue weighted by molar-refractivity contribution is 0.0979. The highest BCUT2D eigenvalue weighted by molar-refractivity contribution is 5.96. The predicted octanol–water partition coefficient (Wildman–Crippen LogP) is 3.29. The highest BCUT2D eigenvalue weighted by atomic mass is 19.1. The molecule has 0 unspecified atom stereocenters. The molecule has 0 amide bonds. The van der Waals surface area contributed by atoms with Crippen LogP contribution in [0.4, 0.5) is 4.39 Å². The van der Waals surface area contributed by atoms with E-state index in [9.17, 15) is 9.18 Å². The normalized spacial score (nSPS) is 10.3. The highest BCUT2D eigenvalue weighted by Crippen LogP contribution is 2.17. The van der Waals surface area contributed by atoms with Gasteiger partial charge in [0.15, 0.2) is 17.3 Å². The van der Waals surface area contributed by atoms with Crippen molar-refractivity contribution in [3.05, 3.63) is 29.6 Å². The van der Waals surface area contributed by atoms with E-state index in [1.165, 1.54) is 12.1 Å². The first-order valence-electron chi connectivity index (χ1n) is 5.17. The molecular formula is C12H15FO2. The number of carbonyl (C=O) groups is 1. The molecule has 0 aliphatic rings. The van der Waals surface area contributed by atoms with Crippen LogP contribution >= 0.6 is 0 Å². The first kappa shape index (κ1) is 11.7. The minimum Gasteiger partial charge on any atom is -0.505 e. The van der Waals surface area contributed by atoms with Gasteiger partial charge in [-0.25, -0.2) is 4.39 Å². The average molecular weight is 210 g/mol. The molecule has 2 nitrogen and oxygen atoms in total. The Morgan fingerprint density at radius 1 is 1.40 bits per heavy atom. The lowest BCUT2D eigenvalue weighted by Crippen LogP contribution is -1.99. The number of ketones is 1. The Kier molecular flexibility index (Phi) is 4.28. The van der Waals surface area contributed by atoms with Crippen LogP contribution in [0.15, 0.2) is 18.2 Å². The second-order valence-corrected chi connectivity index (χ2v) is 3.55. The van der Waals surface area contributed by atoms with E-state index in [-0.39, 0.29) is 5.78 Å². The van der Waals surface area contributed by atoms with Crippen molar-refractivity contribution in [1.82, 2.24) is 0 Å². The molecule has 0 saturated carbocycles. The van der Waals surface area contributed by atoms with Gasteiger partial charge < -0.3 is 5.11 Å². The van der Waals surface area contributed by atoms with E-state index in [1.54, 1.807) is 0 Å². The molecule has 0 atom stereocenters. The summed E-state index contributed by atoms with van der Waals surface area (Å²) in [5.74, 6) is -1.22. The molecule has 1 aromatic carbocycles. The van der Waals surface area contributed by atoms with E-state index in [2.05, 4.69) is 6.92 Å². The van der Waals surface area contributed by atoms with Gasteiger partial charge in [-0.05, 0) is 24.6 Å². The molecular weight excluding hydrogens is 195 g/mol. The number of carbonyl (C=O) groups excluding carboxylic acids is 1. The van der Waals surface area contributed by atoms with E-state index in [4.69, 9.17) is 5.11 Å². The van der Waals surface area contributed by atoms with E-state index in [0.29, 0.717) is 12.0 Å². The van der Waals surface area contributed by atoms with Gasteiger partial charge in [-0.15, -0.1) is 0 Å². The number of aromatic hydroxyl groups is 1. The summed E-state index contributed by atoms with van der Waals surface area (Å²) in [7, 11) is 0. The smallest absolute Gasteiger partial charge is 0.165 e. The monoisotopic (exact) mass is 210 g/mol. The highest BCUT2D eigenvalue weighted by Gasteiger charge is 2.08. The summed E-state index contributed by atoms with van der Waals surface area (Å²) in [6.45, 7) is 2.06. The summed E-state index contributed by atoms with van der Waals surface area (Å²) in [6, 6.07) is 3.75. The molecule has 0 fully saturated rings. The molecule has 0 saturated heterocycles. The number of benzene rings is 1. The van der Waals surface area contributed by atoms with Crippen LogP contribution in [-0.4, -0.2) is 10.9 Å². The summed E-state index contributed by atoms with van der Waals surface area (Å²) in [5, 5.41) is 8.95. The second-order valence-electron chi connectivity index (χ2n) is 3.55. The molecule has 1 N–H and O–H groups in total. The Bertz CT molecular complexity index is 347. The van der Waals surface area contributed by atoms with Crippen LogP contribution in [0.1, 0.15) is 43.0 Å². The summed E-state index contributed by atoms with van der Waals surface area (Å²) in [4.78, 5) is 11.5. The zero-order chi connectivity index (χ0) is 11.3. The molecule has 0 aromatic heterocycles. The quantitative estimate of drug-likeness (QED) is 0.598. The van der Waals surface area contributed by atoms with Crippen molar-refractivity contribution in [2.24, 2.45) is 0 Å². The Hall–Kier alpha value is -1.38. The van der Waals surface area contributed by atoms with Gasteiger partial charge in [0.2, 0.25) is 0 Å². The topological polar surface area (TPSA) is 37.3 Å². The van der Waals surface area contributed by atoms with Gasteiger partial charge in [0, 0.05) is 12.0 Å². The third-order valence-electron chi connectivity index (χ3n) is 2.28. The standard InChI is InChI=1S/C12H15FO2/c1-2-3-4-5-11(14)9-6-7-12(15)10(13)8-9/h6-8,15H,2-5H2,1H3. The third kappa shape index (κ3) is 3.35. The van der Waals surface area contributed by atoms with Gasteiger partial charge in [-0.1, -0.05) is 19.8 Å². The fraction of sp³-hybridized carbons (Fsp3) is 0.417. The van der Waals surface area contributed by atoms with Crippen molar-refractivity contribution < 1.29 is 14.3 Å². The molecule has 3 heteroatoms. The van der Waals surface area contributed by atoms with E-state index >= 15 is 0 Å². The second kappa shape index (κ2) is 5.49. The van der Waals surface area contributed by atoms with Crippen LogP contribution in [0.3, 0.4) is 0 Å². The molecule has 82 valence electrons. The Morgan fingerprint density at radius 2 is 2.13 bits per heavy atom. The molecule has 1 aromatic rings. The summed E-state index contributed by atoms with van der Waals surface area (Å²) >= 11 is 0. The molecule has 1 rings (SSSR count). The summed E-state index contributed by atoms with van der Waals surface area (Å²) < 4.78 is 12.9. The molecule has 0 heterocycles. The van der Waals surface area contributed by atoms with Gasteiger partial charge >= 0.3 is 0 Å². The molecule has 0 aliphatic heterocycles. The van der Waals surface area contributed by atoms with E-state index in [0.717, 1.165) is 25.3 Å². The van der Waals surface area contributed by atoms with Crippen molar-refractivity contribution in [3.8, 4) is 5.75 Å². The number of unbranched alkanes of at least 4 members (excludes halogenated alkanes) is 2. The van der Waals surface area contributed by atoms with Crippen LogP contribution in [-0.2, 0) is 0 Å². The summed E-state index contributed by atoms with van der Waals surface area (Å²) in [6.07, 6.45) is 3.33. The maximum absolute atomic E-state index is 12.9. The molecule has 0 bridgehead atoms. The third-order valence-corrected chi connectivity index (χ3v) is 2.28. The van der Waals surface area contributed by atoms with Crippen LogP contribution < -0.4 is 0 Å². The van der Waals surface area contributed by atoms with Crippen molar-refractivity contribution in [3.63, 3.8) is 0 Å². The largest absolute Gasteiger partial charge is 0.505 e. The zero-order valence-corrected chi connectivity index (χ0v) is 8.79. The van der Waals surface area contributed by atoms with E-state index in [1.807, 2.05) is 0 Å². The SMILES string of the molecule is CCCCCC(=O)c1ccc(O)c(F)c1. The first-order chi connectivity index (χ1) is 7.15. The van der Waals surface area contributed by atoms with Gasteiger partial charge in [0.25, 0.3) is 0 Å². The van der Waals surface area contributed by atoms with Crippen LogP contribution in [0.25, 0.3) is 0 Å². The average Bonchev–Trinajstić information content (AvgIpc) is 2.22. The van der Waals surface area contributed by atoms with Gasteiger partial charge in [-0.2, -0.15) is 0 Å². The Balaban J connectivity index is 2.62.